The third kappa shape index (κ3) is 6.76. The molecule has 154 valence electrons. The zero-order chi connectivity index (χ0) is 20.5. The van der Waals surface area contributed by atoms with Gasteiger partial charge in [-0.2, -0.15) is 0 Å². The van der Waals surface area contributed by atoms with Crippen LogP contribution in [0.1, 0.15) is 18.4 Å². The Morgan fingerprint density at radius 3 is 2.55 bits per heavy atom. The van der Waals surface area contributed by atoms with Gasteiger partial charge in [0.1, 0.15) is 5.82 Å². The highest BCUT2D eigenvalue weighted by atomic mass is 16.5. The summed E-state index contributed by atoms with van der Waals surface area (Å²) >= 11 is 0. The fourth-order valence-corrected chi connectivity index (χ4v) is 3.23. The highest BCUT2D eigenvalue weighted by molar-refractivity contribution is 5.88. The quantitative estimate of drug-likeness (QED) is 0.631. The van der Waals surface area contributed by atoms with E-state index in [1.165, 1.54) is 0 Å². The van der Waals surface area contributed by atoms with Crippen LogP contribution in [-0.2, 0) is 16.0 Å². The van der Waals surface area contributed by atoms with Crippen LogP contribution in [0.2, 0.25) is 0 Å². The number of hydrogen-bond donors (Lipinski definition) is 3. The number of carbonyl (C=O) groups excluding carboxylic acids is 1. The minimum absolute atomic E-state index is 0.00965. The molecule has 1 aromatic heterocycles. The number of nitrogens with zero attached hydrogens (tertiary/aromatic N) is 2. The number of aromatic nitrogens is 1. The molecule has 1 fully saturated rings. The van der Waals surface area contributed by atoms with Gasteiger partial charge < -0.3 is 20.1 Å². The molecule has 3 N–H and O–H groups in total. The van der Waals surface area contributed by atoms with E-state index >= 15 is 0 Å². The van der Waals surface area contributed by atoms with Crippen LogP contribution in [0.3, 0.4) is 0 Å². The van der Waals surface area contributed by atoms with Crippen LogP contribution in [0.5, 0.6) is 0 Å². The third-order valence-electron chi connectivity index (χ3n) is 4.73. The van der Waals surface area contributed by atoms with Crippen molar-refractivity contribution in [3.8, 4) is 0 Å². The van der Waals surface area contributed by atoms with Gasteiger partial charge in [0.05, 0.1) is 25.1 Å². The Bertz CT molecular complexity index is 792. The van der Waals surface area contributed by atoms with Crippen molar-refractivity contribution in [1.29, 1.82) is 0 Å². The lowest BCUT2D eigenvalue weighted by atomic mass is 10.0. The van der Waals surface area contributed by atoms with Gasteiger partial charge in [0.15, 0.2) is 0 Å². The summed E-state index contributed by atoms with van der Waals surface area (Å²) in [7, 11) is 0. The molecule has 1 saturated heterocycles. The van der Waals surface area contributed by atoms with Crippen molar-refractivity contribution in [1.82, 2.24) is 10.3 Å². The summed E-state index contributed by atoms with van der Waals surface area (Å²) in [6, 6.07) is 12.7. The van der Waals surface area contributed by atoms with Gasteiger partial charge in [-0.25, -0.2) is 9.78 Å². The van der Waals surface area contributed by atoms with Crippen LogP contribution >= 0.6 is 0 Å². The number of morpholine rings is 1. The molecule has 2 aromatic rings. The molecule has 2 heterocycles. The third-order valence-corrected chi connectivity index (χ3v) is 4.73. The van der Waals surface area contributed by atoms with Gasteiger partial charge in [0.2, 0.25) is 0 Å². The fraction of sp³-hybridized carbons (Fsp3) is 0.381. The molecule has 0 spiro atoms. The zero-order valence-electron chi connectivity index (χ0n) is 16.2. The first-order valence-corrected chi connectivity index (χ1v) is 9.72. The van der Waals surface area contributed by atoms with E-state index in [1.807, 2.05) is 36.4 Å². The smallest absolute Gasteiger partial charge is 0.320 e. The number of nitrogens with one attached hydrogen (secondary N) is 2. The maximum atomic E-state index is 12.4. The fourth-order valence-electron chi connectivity index (χ4n) is 3.23. The highest BCUT2D eigenvalue weighted by Crippen LogP contribution is 2.16. The van der Waals surface area contributed by atoms with Gasteiger partial charge >= 0.3 is 12.0 Å². The van der Waals surface area contributed by atoms with E-state index in [4.69, 9.17) is 9.84 Å². The van der Waals surface area contributed by atoms with Gasteiger partial charge in [0.25, 0.3) is 0 Å². The minimum Gasteiger partial charge on any atom is -0.481 e. The summed E-state index contributed by atoms with van der Waals surface area (Å²) in [5.41, 5.74) is 2.03. The number of anilines is 2. The molecule has 1 atom stereocenters. The van der Waals surface area contributed by atoms with Crippen LogP contribution in [0.25, 0.3) is 0 Å². The first kappa shape index (κ1) is 20.6. The topological polar surface area (TPSA) is 104 Å². The first-order valence-electron chi connectivity index (χ1n) is 9.72. The van der Waals surface area contributed by atoms with Crippen LogP contribution in [0.15, 0.2) is 48.7 Å². The number of ether oxygens (including phenoxy) is 1. The lowest BCUT2D eigenvalue weighted by molar-refractivity contribution is -0.137. The minimum atomic E-state index is -0.884. The Kier molecular flexibility index (Phi) is 7.40. The van der Waals surface area contributed by atoms with E-state index in [-0.39, 0.29) is 12.5 Å². The van der Waals surface area contributed by atoms with E-state index in [0.29, 0.717) is 31.9 Å². The SMILES string of the molecule is O=C(O)CCC(Cc1ccccc1)NC(=O)Nc1ccc(N2CCOCC2)cn1. The van der Waals surface area contributed by atoms with E-state index in [2.05, 4.69) is 20.5 Å². The molecule has 0 aliphatic carbocycles. The number of carboxylic acids is 1. The summed E-state index contributed by atoms with van der Waals surface area (Å²) in [5.74, 6) is -0.443. The van der Waals surface area contributed by atoms with Gasteiger partial charge in [-0.1, -0.05) is 30.3 Å². The van der Waals surface area contributed by atoms with Crippen molar-refractivity contribution in [2.45, 2.75) is 25.3 Å². The molecule has 1 aromatic carbocycles. The van der Waals surface area contributed by atoms with E-state index in [1.54, 1.807) is 12.3 Å². The van der Waals surface area contributed by atoms with E-state index in [0.717, 1.165) is 24.3 Å². The molecule has 2 amide bonds. The molecular weight excluding hydrogens is 372 g/mol. The highest BCUT2D eigenvalue weighted by Gasteiger charge is 2.16. The number of pyridine rings is 1. The normalized spacial score (nSPS) is 14.8. The summed E-state index contributed by atoms with van der Waals surface area (Å²) in [6.07, 6.45) is 2.63. The average molecular weight is 398 g/mol. The number of benzene rings is 1. The summed E-state index contributed by atoms with van der Waals surface area (Å²) in [4.78, 5) is 29.8. The van der Waals surface area contributed by atoms with E-state index in [9.17, 15) is 9.59 Å². The maximum absolute atomic E-state index is 12.4. The predicted molar refractivity (Wildman–Crippen MR) is 110 cm³/mol. The first-order chi connectivity index (χ1) is 14.1. The van der Waals surface area contributed by atoms with Crippen LogP contribution in [-0.4, -0.2) is 54.4 Å². The maximum Gasteiger partial charge on any atom is 0.320 e. The number of amides is 2. The standard InChI is InChI=1S/C21H26N4O4/c26-20(27)9-6-17(14-16-4-2-1-3-5-16)23-21(28)24-19-8-7-18(15-22-19)25-10-12-29-13-11-25/h1-5,7-8,15,17H,6,9-14H2,(H,26,27)(H2,22,23,24,28). The molecule has 0 saturated carbocycles. The van der Waals surface area contributed by atoms with Crippen molar-refractivity contribution < 1.29 is 19.4 Å². The van der Waals surface area contributed by atoms with Crippen molar-refractivity contribution >= 4 is 23.5 Å². The molecule has 8 heteroatoms. The van der Waals surface area contributed by atoms with Crippen LogP contribution < -0.4 is 15.5 Å². The second-order valence-electron chi connectivity index (χ2n) is 6.92. The molecule has 1 aliphatic rings. The number of hydrogen-bond acceptors (Lipinski definition) is 5. The lowest BCUT2D eigenvalue weighted by Crippen LogP contribution is -2.40. The van der Waals surface area contributed by atoms with Crippen LogP contribution in [0, 0.1) is 0 Å². The molecule has 8 nitrogen and oxygen atoms in total. The van der Waals surface area contributed by atoms with Gasteiger partial charge in [-0.3, -0.25) is 10.1 Å². The summed E-state index contributed by atoms with van der Waals surface area (Å²) in [5, 5.41) is 14.6. The number of aliphatic carboxylic acids is 1. The molecule has 1 aliphatic heterocycles. The van der Waals surface area contributed by atoms with Crippen LogP contribution in [0.4, 0.5) is 16.3 Å². The van der Waals surface area contributed by atoms with Gasteiger partial charge in [-0.05, 0) is 30.5 Å². The molecule has 1 unspecified atom stereocenters. The van der Waals surface area contributed by atoms with Crippen molar-refractivity contribution in [2.75, 3.05) is 36.5 Å². The zero-order valence-corrected chi connectivity index (χ0v) is 16.2. The second-order valence-corrected chi connectivity index (χ2v) is 6.92. The molecule has 29 heavy (non-hydrogen) atoms. The molecule has 3 rings (SSSR count). The molecule has 0 radical (unpaired) electrons. The average Bonchev–Trinajstić information content (AvgIpc) is 2.74. The second kappa shape index (κ2) is 10.4. The van der Waals surface area contributed by atoms with Gasteiger partial charge in [-0.15, -0.1) is 0 Å². The van der Waals surface area contributed by atoms with Gasteiger partial charge in [0, 0.05) is 25.6 Å². The monoisotopic (exact) mass is 398 g/mol. The number of carboxylic acid groups (broad SMARTS) is 1. The Balaban J connectivity index is 1.56. The lowest BCUT2D eigenvalue weighted by Gasteiger charge is -2.28. The summed E-state index contributed by atoms with van der Waals surface area (Å²) in [6.45, 7) is 3.03. The number of rotatable bonds is 8. The largest absolute Gasteiger partial charge is 0.481 e. The Morgan fingerprint density at radius 1 is 1.14 bits per heavy atom. The molecule has 0 bridgehead atoms. The molecular formula is C21H26N4O4. The Morgan fingerprint density at radius 2 is 1.90 bits per heavy atom. The number of urea groups is 1. The predicted octanol–water partition coefficient (Wildman–Crippen LogP) is 2.52. The van der Waals surface area contributed by atoms with Crippen molar-refractivity contribution in [3.05, 3.63) is 54.2 Å². The number of carbonyl (C=O) groups is 2. The van der Waals surface area contributed by atoms with E-state index < -0.39 is 12.0 Å². The summed E-state index contributed by atoms with van der Waals surface area (Å²) < 4.78 is 5.35. The van der Waals surface area contributed by atoms with Crippen molar-refractivity contribution in [3.63, 3.8) is 0 Å². The Labute approximate surface area is 169 Å². The van der Waals surface area contributed by atoms with Crippen molar-refractivity contribution in [2.24, 2.45) is 0 Å². The Hall–Kier alpha value is -3.13.